The normalized spacial score (nSPS) is 14.7. The van der Waals surface area contributed by atoms with Crippen LogP contribution in [0.25, 0.3) is 10.7 Å². The molecule has 3 rings (SSSR count). The molecule has 0 spiro atoms. The molecule has 0 aromatic carbocycles. The van der Waals surface area contributed by atoms with Gasteiger partial charge in [-0.2, -0.15) is 0 Å². The summed E-state index contributed by atoms with van der Waals surface area (Å²) in [6.07, 6.45) is 3.21. The molecule has 0 saturated heterocycles. The summed E-state index contributed by atoms with van der Waals surface area (Å²) >= 11 is 2.92. The van der Waals surface area contributed by atoms with E-state index in [0.717, 1.165) is 35.1 Å². The second kappa shape index (κ2) is 5.57. The maximum Gasteiger partial charge on any atom is 0.313 e. The Morgan fingerprint density at radius 1 is 1.55 bits per heavy atom. The summed E-state index contributed by atoms with van der Waals surface area (Å²) in [6.45, 7) is 2.13. The molecule has 20 heavy (non-hydrogen) atoms. The number of aromatic nitrogens is 3. The number of aryl methyl sites for hydroxylation is 1. The zero-order valence-electron chi connectivity index (χ0n) is 11.1. The highest BCUT2D eigenvalue weighted by molar-refractivity contribution is 7.99. The van der Waals surface area contributed by atoms with Crippen LogP contribution in [0.2, 0.25) is 0 Å². The van der Waals surface area contributed by atoms with Crippen LogP contribution in [0.3, 0.4) is 0 Å². The predicted octanol–water partition coefficient (Wildman–Crippen LogP) is 3.08. The third-order valence-electron chi connectivity index (χ3n) is 3.23. The average molecular weight is 309 g/mol. The number of hydrogen-bond acceptors (Lipinski definition) is 5. The molecule has 1 aliphatic rings. The van der Waals surface area contributed by atoms with Gasteiger partial charge in [0.25, 0.3) is 0 Å². The molecule has 0 unspecified atom stereocenters. The van der Waals surface area contributed by atoms with Crippen LogP contribution < -0.4 is 0 Å². The highest BCUT2D eigenvalue weighted by Gasteiger charge is 2.31. The summed E-state index contributed by atoms with van der Waals surface area (Å²) in [7, 11) is 0. The molecule has 1 saturated carbocycles. The monoisotopic (exact) mass is 309 g/mol. The van der Waals surface area contributed by atoms with Crippen LogP contribution in [0.1, 0.15) is 31.4 Å². The molecule has 1 fully saturated rings. The van der Waals surface area contributed by atoms with E-state index in [2.05, 4.69) is 33.1 Å². The van der Waals surface area contributed by atoms with Gasteiger partial charge < -0.3 is 5.11 Å². The third-order valence-corrected chi connectivity index (χ3v) is 5.11. The average Bonchev–Trinajstić information content (AvgIpc) is 3.02. The molecule has 2 heterocycles. The van der Waals surface area contributed by atoms with Gasteiger partial charge in [0.15, 0.2) is 11.0 Å². The number of carbonyl (C=O) groups is 1. The first kappa shape index (κ1) is 13.6. The van der Waals surface area contributed by atoms with Crippen molar-refractivity contribution in [2.45, 2.75) is 37.4 Å². The van der Waals surface area contributed by atoms with E-state index < -0.39 is 5.97 Å². The highest BCUT2D eigenvalue weighted by atomic mass is 32.2. The van der Waals surface area contributed by atoms with E-state index in [1.54, 1.807) is 11.3 Å². The Kier molecular flexibility index (Phi) is 3.80. The van der Waals surface area contributed by atoms with Gasteiger partial charge in [0.1, 0.15) is 0 Å². The van der Waals surface area contributed by atoms with Gasteiger partial charge in [-0.15, -0.1) is 21.5 Å². The fourth-order valence-electron chi connectivity index (χ4n) is 2.13. The van der Waals surface area contributed by atoms with Crippen LogP contribution in [0.4, 0.5) is 0 Å². The molecule has 106 valence electrons. The Bertz CT molecular complexity index is 631. The van der Waals surface area contributed by atoms with Crippen molar-refractivity contribution in [1.82, 2.24) is 14.8 Å². The lowest BCUT2D eigenvalue weighted by molar-refractivity contribution is -0.133. The lowest BCUT2D eigenvalue weighted by Gasteiger charge is -2.08. The first-order valence-corrected chi connectivity index (χ1v) is 8.43. The Morgan fingerprint density at radius 2 is 2.35 bits per heavy atom. The maximum absolute atomic E-state index is 10.7. The summed E-state index contributed by atoms with van der Waals surface area (Å²) in [5.74, 6) is 0.0927. The lowest BCUT2D eigenvalue weighted by atomic mass is 10.2. The quantitative estimate of drug-likeness (QED) is 0.831. The van der Waals surface area contributed by atoms with Gasteiger partial charge in [-0.3, -0.25) is 9.36 Å². The summed E-state index contributed by atoms with van der Waals surface area (Å²) in [5.41, 5.74) is 1.28. The predicted molar refractivity (Wildman–Crippen MR) is 79.3 cm³/mol. The van der Waals surface area contributed by atoms with Crippen molar-refractivity contribution >= 4 is 29.1 Å². The molecule has 1 N–H and O–H groups in total. The summed E-state index contributed by atoms with van der Waals surface area (Å²) in [6, 6.07) is 2.55. The topological polar surface area (TPSA) is 68.0 Å². The number of nitrogens with zero attached hydrogens (tertiary/aromatic N) is 3. The summed E-state index contributed by atoms with van der Waals surface area (Å²) in [5, 5.41) is 20.1. The van der Waals surface area contributed by atoms with Crippen LogP contribution >= 0.6 is 23.1 Å². The van der Waals surface area contributed by atoms with Crippen molar-refractivity contribution in [3.63, 3.8) is 0 Å². The van der Waals surface area contributed by atoms with Gasteiger partial charge in [0.05, 0.1) is 10.6 Å². The van der Waals surface area contributed by atoms with Gasteiger partial charge in [0, 0.05) is 6.04 Å². The SMILES string of the molecule is CCc1ccsc1-c1nnc(SCC(=O)O)n1C1CC1. The van der Waals surface area contributed by atoms with Gasteiger partial charge >= 0.3 is 5.97 Å². The molecule has 0 atom stereocenters. The number of aliphatic carboxylic acids is 1. The van der Waals surface area contributed by atoms with Gasteiger partial charge in [-0.1, -0.05) is 18.7 Å². The van der Waals surface area contributed by atoms with Crippen LogP contribution in [0.15, 0.2) is 16.6 Å². The second-order valence-corrected chi connectivity index (χ2v) is 6.58. The molecular weight excluding hydrogens is 294 g/mol. The molecule has 2 aromatic heterocycles. The minimum Gasteiger partial charge on any atom is -0.481 e. The van der Waals surface area contributed by atoms with Crippen molar-refractivity contribution in [2.75, 3.05) is 5.75 Å². The van der Waals surface area contributed by atoms with Crippen molar-refractivity contribution in [3.05, 3.63) is 17.0 Å². The molecule has 7 heteroatoms. The Morgan fingerprint density at radius 3 is 3.00 bits per heavy atom. The van der Waals surface area contributed by atoms with E-state index >= 15 is 0 Å². The number of rotatable bonds is 6. The van der Waals surface area contributed by atoms with Crippen molar-refractivity contribution in [3.8, 4) is 10.7 Å². The van der Waals surface area contributed by atoms with E-state index in [0.29, 0.717) is 6.04 Å². The Labute approximate surface area is 125 Å². The minimum absolute atomic E-state index is 0.0237. The number of hydrogen-bond donors (Lipinski definition) is 1. The molecule has 0 radical (unpaired) electrons. The lowest BCUT2D eigenvalue weighted by Crippen LogP contribution is -2.03. The zero-order valence-corrected chi connectivity index (χ0v) is 12.7. The van der Waals surface area contributed by atoms with Crippen LogP contribution in [-0.4, -0.2) is 31.6 Å². The fourth-order valence-corrected chi connectivity index (χ4v) is 3.83. The fraction of sp³-hybridized carbons (Fsp3) is 0.462. The first-order valence-electron chi connectivity index (χ1n) is 6.57. The van der Waals surface area contributed by atoms with Crippen molar-refractivity contribution in [1.29, 1.82) is 0 Å². The largest absolute Gasteiger partial charge is 0.481 e. The van der Waals surface area contributed by atoms with E-state index in [9.17, 15) is 4.79 Å². The van der Waals surface area contributed by atoms with E-state index in [-0.39, 0.29) is 5.75 Å². The van der Waals surface area contributed by atoms with Gasteiger partial charge in [0.2, 0.25) is 0 Å². The van der Waals surface area contributed by atoms with Gasteiger partial charge in [-0.25, -0.2) is 0 Å². The molecule has 5 nitrogen and oxygen atoms in total. The Balaban J connectivity index is 1.97. The van der Waals surface area contributed by atoms with Gasteiger partial charge in [-0.05, 0) is 36.3 Å². The smallest absolute Gasteiger partial charge is 0.313 e. The molecule has 2 aromatic rings. The van der Waals surface area contributed by atoms with Crippen LogP contribution in [0, 0.1) is 0 Å². The Hall–Kier alpha value is -1.34. The highest BCUT2D eigenvalue weighted by Crippen LogP contribution is 2.42. The van der Waals surface area contributed by atoms with E-state index in [1.165, 1.54) is 17.3 Å². The number of thioether (sulfide) groups is 1. The molecular formula is C13H15N3O2S2. The van der Waals surface area contributed by atoms with Crippen LogP contribution in [-0.2, 0) is 11.2 Å². The number of carboxylic acids is 1. The standard InChI is InChI=1S/C13H15N3O2S2/c1-2-8-5-6-19-11(8)12-14-15-13(20-7-10(17)18)16(12)9-3-4-9/h5-6,9H,2-4,7H2,1H3,(H,17,18). The third kappa shape index (κ3) is 2.60. The molecule has 1 aliphatic carbocycles. The number of thiophene rings is 1. The zero-order chi connectivity index (χ0) is 14.1. The van der Waals surface area contributed by atoms with E-state index in [4.69, 9.17) is 5.11 Å². The minimum atomic E-state index is -0.827. The van der Waals surface area contributed by atoms with Crippen molar-refractivity contribution in [2.24, 2.45) is 0 Å². The molecule has 0 aliphatic heterocycles. The first-order chi connectivity index (χ1) is 9.70. The maximum atomic E-state index is 10.7. The summed E-state index contributed by atoms with van der Waals surface area (Å²) in [4.78, 5) is 11.9. The molecule has 0 bridgehead atoms. The molecule has 0 amide bonds. The van der Waals surface area contributed by atoms with Crippen molar-refractivity contribution < 1.29 is 9.90 Å². The van der Waals surface area contributed by atoms with E-state index in [1.807, 2.05) is 0 Å². The second-order valence-electron chi connectivity index (χ2n) is 4.72. The number of carboxylic acid groups (broad SMARTS) is 1. The summed E-state index contributed by atoms with van der Waals surface area (Å²) < 4.78 is 2.12. The van der Waals surface area contributed by atoms with Crippen LogP contribution in [0.5, 0.6) is 0 Å².